The van der Waals surface area contributed by atoms with E-state index in [0.717, 1.165) is 58.1 Å². The summed E-state index contributed by atoms with van der Waals surface area (Å²) in [5.41, 5.74) is 0. The fraction of sp³-hybridized carbons (Fsp3) is 0.947. The van der Waals surface area contributed by atoms with Crippen LogP contribution in [0, 0.1) is 11.8 Å². The highest BCUT2D eigenvalue weighted by Gasteiger charge is 2.24. The van der Waals surface area contributed by atoms with Crippen LogP contribution in [0.3, 0.4) is 0 Å². The van der Waals surface area contributed by atoms with Crippen LogP contribution in [-0.4, -0.2) is 75.1 Å². The lowest BCUT2D eigenvalue weighted by atomic mass is 9.94. The van der Waals surface area contributed by atoms with Crippen molar-refractivity contribution in [3.63, 3.8) is 0 Å². The van der Waals surface area contributed by atoms with Gasteiger partial charge in [0, 0.05) is 45.9 Å². The number of hydrogen-bond donors (Lipinski definition) is 3. The summed E-state index contributed by atoms with van der Waals surface area (Å²) >= 11 is 0. The molecule has 1 aliphatic heterocycles. The zero-order chi connectivity index (χ0) is 18.5. The van der Waals surface area contributed by atoms with Gasteiger partial charge in [-0.15, -0.1) is 24.0 Å². The number of halogens is 1. The molecule has 0 amide bonds. The van der Waals surface area contributed by atoms with E-state index in [-0.39, 0.29) is 30.6 Å². The molecule has 1 heterocycles. The van der Waals surface area contributed by atoms with Crippen LogP contribution in [-0.2, 0) is 4.74 Å². The molecule has 7 heteroatoms. The summed E-state index contributed by atoms with van der Waals surface area (Å²) in [6, 6.07) is 0.558. The molecule has 6 nitrogen and oxygen atoms in total. The van der Waals surface area contributed by atoms with Gasteiger partial charge in [0.05, 0.1) is 6.61 Å². The number of ether oxygens (including phenoxy) is 1. The Morgan fingerprint density at radius 3 is 2.73 bits per heavy atom. The Balaban J connectivity index is 0.00000625. The van der Waals surface area contributed by atoms with Crippen molar-refractivity contribution in [1.82, 2.24) is 15.5 Å². The number of likely N-dealkylation sites (tertiary alicyclic amines) is 1. The molecule has 2 unspecified atom stereocenters. The molecule has 0 aliphatic carbocycles. The Bertz CT molecular complexity index is 369. The number of rotatable bonds is 12. The maximum Gasteiger partial charge on any atom is 0.191 e. The number of hydrogen-bond acceptors (Lipinski definition) is 4. The minimum Gasteiger partial charge on any atom is -0.396 e. The average Bonchev–Trinajstić information content (AvgIpc) is 3.02. The smallest absolute Gasteiger partial charge is 0.191 e. The number of aliphatic hydroxyl groups excluding tert-OH is 1. The van der Waals surface area contributed by atoms with E-state index in [9.17, 15) is 5.11 Å². The van der Waals surface area contributed by atoms with Gasteiger partial charge >= 0.3 is 0 Å². The second kappa shape index (κ2) is 15.9. The second-order valence-electron chi connectivity index (χ2n) is 7.43. The van der Waals surface area contributed by atoms with Gasteiger partial charge in [-0.1, -0.05) is 13.8 Å². The molecule has 3 N–H and O–H groups in total. The highest BCUT2D eigenvalue weighted by atomic mass is 127. The third-order valence-corrected chi connectivity index (χ3v) is 4.78. The Morgan fingerprint density at radius 2 is 2.12 bits per heavy atom. The van der Waals surface area contributed by atoms with Crippen molar-refractivity contribution in [3.05, 3.63) is 0 Å². The van der Waals surface area contributed by atoms with E-state index in [1.165, 1.54) is 12.8 Å². The molecular formula is C19H41IN4O2. The van der Waals surface area contributed by atoms with Gasteiger partial charge in [0.1, 0.15) is 0 Å². The molecule has 1 aliphatic rings. The van der Waals surface area contributed by atoms with Crippen molar-refractivity contribution in [2.75, 3.05) is 53.0 Å². The minimum atomic E-state index is 0. The quantitative estimate of drug-likeness (QED) is 0.225. The highest BCUT2D eigenvalue weighted by Crippen LogP contribution is 2.17. The Kier molecular flexibility index (Phi) is 15.8. The largest absolute Gasteiger partial charge is 0.396 e. The van der Waals surface area contributed by atoms with Gasteiger partial charge in [-0.2, -0.15) is 0 Å². The second-order valence-corrected chi connectivity index (χ2v) is 7.43. The Labute approximate surface area is 177 Å². The van der Waals surface area contributed by atoms with Crippen molar-refractivity contribution in [3.8, 4) is 0 Å². The normalized spacial score (nSPS) is 19.5. The summed E-state index contributed by atoms with van der Waals surface area (Å²) in [4.78, 5) is 7.28. The predicted molar refractivity (Wildman–Crippen MR) is 121 cm³/mol. The average molecular weight is 484 g/mol. The molecule has 26 heavy (non-hydrogen) atoms. The van der Waals surface area contributed by atoms with Crippen LogP contribution in [0.25, 0.3) is 0 Å². The molecule has 0 saturated carbocycles. The van der Waals surface area contributed by atoms with E-state index in [4.69, 9.17) is 9.73 Å². The molecule has 1 fully saturated rings. The molecule has 0 bridgehead atoms. The Morgan fingerprint density at radius 1 is 1.35 bits per heavy atom. The predicted octanol–water partition coefficient (Wildman–Crippen LogP) is 2.31. The fourth-order valence-corrected chi connectivity index (χ4v) is 3.54. The van der Waals surface area contributed by atoms with E-state index in [2.05, 4.69) is 36.3 Å². The Hall–Kier alpha value is -0.120. The maximum atomic E-state index is 9.27. The van der Waals surface area contributed by atoms with E-state index in [0.29, 0.717) is 17.9 Å². The molecule has 2 atom stereocenters. The van der Waals surface area contributed by atoms with Crippen LogP contribution in [0.15, 0.2) is 4.99 Å². The summed E-state index contributed by atoms with van der Waals surface area (Å²) in [7, 11) is 1.76. The molecule has 0 aromatic rings. The molecule has 0 spiro atoms. The lowest BCUT2D eigenvalue weighted by molar-refractivity contribution is 0.141. The van der Waals surface area contributed by atoms with Crippen LogP contribution in [0.5, 0.6) is 0 Å². The molecular weight excluding hydrogens is 443 g/mol. The molecule has 156 valence electrons. The lowest BCUT2D eigenvalue weighted by Gasteiger charge is -2.25. The van der Waals surface area contributed by atoms with Gasteiger partial charge in [-0.3, -0.25) is 9.89 Å². The number of aliphatic hydroxyl groups is 1. The number of nitrogens with one attached hydrogen (secondary N) is 2. The zero-order valence-electron chi connectivity index (χ0n) is 17.2. The van der Waals surface area contributed by atoms with Crippen molar-refractivity contribution in [1.29, 1.82) is 0 Å². The first-order chi connectivity index (χ1) is 12.1. The van der Waals surface area contributed by atoms with Gasteiger partial charge in [0.15, 0.2) is 5.96 Å². The first-order valence-electron chi connectivity index (χ1n) is 9.96. The van der Waals surface area contributed by atoms with Crippen LogP contribution in [0.2, 0.25) is 0 Å². The third kappa shape index (κ3) is 10.9. The SMILES string of the molecule is CCNC(=NCC(CCO)CC(C)C)NCC1CCCN1CCOC.I. The number of methoxy groups -OCH3 is 1. The van der Waals surface area contributed by atoms with E-state index in [1.54, 1.807) is 7.11 Å². The van der Waals surface area contributed by atoms with E-state index in [1.807, 2.05) is 0 Å². The zero-order valence-corrected chi connectivity index (χ0v) is 19.5. The summed E-state index contributed by atoms with van der Waals surface area (Å²) in [6.07, 6.45) is 4.43. The third-order valence-electron chi connectivity index (χ3n) is 4.78. The molecule has 0 aromatic carbocycles. The van der Waals surface area contributed by atoms with Crippen LogP contribution in [0.1, 0.15) is 46.5 Å². The summed E-state index contributed by atoms with van der Waals surface area (Å²) in [5.74, 6) is 1.98. The van der Waals surface area contributed by atoms with E-state index < -0.39 is 0 Å². The van der Waals surface area contributed by atoms with Crippen LogP contribution >= 0.6 is 24.0 Å². The minimum absolute atomic E-state index is 0. The standard InChI is InChI=1S/C19H40N4O2.HI/c1-5-20-19(21-14-17(8-11-24)13-16(2)3)22-15-18-7-6-9-23(18)10-12-25-4;/h16-18,24H,5-15H2,1-4H3,(H2,20,21,22);1H. The monoisotopic (exact) mass is 484 g/mol. The number of nitrogens with zero attached hydrogens (tertiary/aromatic N) is 2. The summed E-state index contributed by atoms with van der Waals surface area (Å²) in [5, 5.41) is 16.1. The van der Waals surface area contributed by atoms with Gasteiger partial charge in [0.2, 0.25) is 0 Å². The van der Waals surface area contributed by atoms with Gasteiger partial charge in [-0.25, -0.2) is 0 Å². The van der Waals surface area contributed by atoms with Crippen LogP contribution < -0.4 is 10.6 Å². The number of aliphatic imine (C=N–C) groups is 1. The van der Waals surface area contributed by atoms with E-state index >= 15 is 0 Å². The highest BCUT2D eigenvalue weighted by molar-refractivity contribution is 14.0. The molecule has 1 saturated heterocycles. The topological polar surface area (TPSA) is 69.1 Å². The lowest BCUT2D eigenvalue weighted by Crippen LogP contribution is -2.45. The van der Waals surface area contributed by atoms with Crippen molar-refractivity contribution >= 4 is 29.9 Å². The molecule has 0 aromatic heterocycles. The summed E-state index contributed by atoms with van der Waals surface area (Å²) in [6.45, 7) is 12.3. The van der Waals surface area contributed by atoms with Gasteiger partial charge in [0.25, 0.3) is 0 Å². The molecule has 1 rings (SSSR count). The number of guanidine groups is 1. The molecule has 0 radical (unpaired) electrons. The van der Waals surface area contributed by atoms with Crippen LogP contribution in [0.4, 0.5) is 0 Å². The first kappa shape index (κ1) is 25.9. The first-order valence-corrected chi connectivity index (χ1v) is 9.96. The van der Waals surface area contributed by atoms with Gasteiger partial charge in [-0.05, 0) is 51.0 Å². The fourth-order valence-electron chi connectivity index (χ4n) is 3.54. The van der Waals surface area contributed by atoms with Crippen molar-refractivity contribution in [2.24, 2.45) is 16.8 Å². The van der Waals surface area contributed by atoms with Gasteiger partial charge < -0.3 is 20.5 Å². The summed E-state index contributed by atoms with van der Waals surface area (Å²) < 4.78 is 5.22. The van der Waals surface area contributed by atoms with Crippen molar-refractivity contribution in [2.45, 2.75) is 52.5 Å². The maximum absolute atomic E-state index is 9.27. The van der Waals surface area contributed by atoms with Crippen molar-refractivity contribution < 1.29 is 9.84 Å².